The maximum Gasteiger partial charge on any atom is 0.0522 e. The van der Waals surface area contributed by atoms with Crippen LogP contribution in [0.4, 0.5) is 34.1 Å². The van der Waals surface area contributed by atoms with Gasteiger partial charge in [0.05, 0.1) is 11.4 Å². The number of aryl methyl sites for hydroxylation is 6. The van der Waals surface area contributed by atoms with Crippen LogP contribution in [0.5, 0.6) is 0 Å². The maximum atomic E-state index is 2.42. The van der Waals surface area contributed by atoms with Gasteiger partial charge in [-0.05, 0) is 145 Å². The standard InChI is InChI=1S/C64H60N2/c1-7-55-21-13-15-49(5)63(55)65(59-39-31-53(32-40-59)19-11-9-17-51-27-23-47(3)24-28-51)61-43-35-57(36-44-61)58-37-45-62(46-38-58)66(64-50(6)16-14-22-56(64)8-2)60-41-33-54(34-42-60)20-12-10-18-52-29-25-48(4)26-30-52/h9-46H,7-8H2,1-6H3/b17-9+,18-10+,19-11+,20-12+. The lowest BCUT2D eigenvalue weighted by Crippen LogP contribution is -2.13. The van der Waals surface area contributed by atoms with Gasteiger partial charge < -0.3 is 9.80 Å². The molecular weight excluding hydrogens is 797 g/mol. The summed E-state index contributed by atoms with van der Waals surface area (Å²) in [6, 6.07) is 66.3. The molecule has 2 nitrogen and oxygen atoms in total. The van der Waals surface area contributed by atoms with Crippen LogP contribution in [-0.2, 0) is 12.8 Å². The first-order valence-corrected chi connectivity index (χ1v) is 23.3. The summed E-state index contributed by atoms with van der Waals surface area (Å²) in [6.45, 7) is 13.2. The number of hydrogen-bond acceptors (Lipinski definition) is 2. The second-order valence-electron chi connectivity index (χ2n) is 17.1. The van der Waals surface area contributed by atoms with Crippen molar-refractivity contribution >= 4 is 58.4 Å². The summed E-state index contributed by atoms with van der Waals surface area (Å²) in [4.78, 5) is 4.83. The first kappa shape index (κ1) is 44.9. The van der Waals surface area contributed by atoms with Gasteiger partial charge in [0, 0.05) is 22.7 Å². The van der Waals surface area contributed by atoms with Gasteiger partial charge in [0.1, 0.15) is 0 Å². The van der Waals surface area contributed by atoms with Gasteiger partial charge in [-0.1, -0.05) is 207 Å². The third kappa shape index (κ3) is 10.8. The topological polar surface area (TPSA) is 6.48 Å². The average Bonchev–Trinajstić information content (AvgIpc) is 3.35. The molecule has 0 N–H and O–H groups in total. The molecule has 0 atom stereocenters. The van der Waals surface area contributed by atoms with Crippen LogP contribution >= 0.6 is 0 Å². The van der Waals surface area contributed by atoms with Gasteiger partial charge in [0.2, 0.25) is 0 Å². The molecule has 0 spiro atoms. The summed E-state index contributed by atoms with van der Waals surface area (Å²) >= 11 is 0. The van der Waals surface area contributed by atoms with Crippen molar-refractivity contribution in [2.75, 3.05) is 9.80 Å². The largest absolute Gasteiger partial charge is 0.310 e. The molecule has 0 aliphatic carbocycles. The normalized spacial score (nSPS) is 11.7. The highest BCUT2D eigenvalue weighted by Crippen LogP contribution is 2.42. The van der Waals surface area contributed by atoms with E-state index in [1.54, 1.807) is 0 Å². The summed E-state index contributed by atoms with van der Waals surface area (Å²) in [6.07, 6.45) is 18.9. The SMILES string of the molecule is CCc1cccc(C)c1N(c1ccc(/C=C/C=C/c2ccc(C)cc2)cc1)c1ccc(-c2ccc(N(c3ccc(/C=C/C=C/c4ccc(C)cc4)cc3)c3c(C)cccc3CC)cc2)cc1. The fourth-order valence-electron chi connectivity index (χ4n) is 8.56. The van der Waals surface area contributed by atoms with Crippen molar-refractivity contribution in [1.29, 1.82) is 0 Å². The lowest BCUT2D eigenvalue weighted by Gasteiger charge is -2.30. The predicted molar refractivity (Wildman–Crippen MR) is 288 cm³/mol. The maximum absolute atomic E-state index is 2.42. The molecule has 0 radical (unpaired) electrons. The number of anilines is 6. The highest BCUT2D eigenvalue weighted by atomic mass is 15.2. The van der Waals surface area contributed by atoms with Gasteiger partial charge in [0.15, 0.2) is 0 Å². The summed E-state index contributed by atoms with van der Waals surface area (Å²) in [5.74, 6) is 0. The minimum Gasteiger partial charge on any atom is -0.310 e. The van der Waals surface area contributed by atoms with E-state index in [9.17, 15) is 0 Å². The molecule has 0 aliphatic heterocycles. The lowest BCUT2D eigenvalue weighted by molar-refractivity contribution is 1.10. The zero-order valence-corrected chi connectivity index (χ0v) is 39.2. The number of hydrogen-bond donors (Lipinski definition) is 0. The summed E-state index contributed by atoms with van der Waals surface area (Å²) in [5.41, 5.74) is 21.7. The van der Waals surface area contributed by atoms with Gasteiger partial charge in [-0.15, -0.1) is 0 Å². The molecule has 0 bridgehead atoms. The Labute approximate surface area is 393 Å². The van der Waals surface area contributed by atoms with Gasteiger partial charge in [-0.25, -0.2) is 0 Å². The van der Waals surface area contributed by atoms with Crippen molar-refractivity contribution in [2.45, 2.75) is 54.4 Å². The van der Waals surface area contributed by atoms with Crippen LogP contribution in [0.15, 0.2) is 206 Å². The first-order valence-electron chi connectivity index (χ1n) is 23.3. The molecule has 66 heavy (non-hydrogen) atoms. The highest BCUT2D eigenvalue weighted by Gasteiger charge is 2.20. The van der Waals surface area contributed by atoms with Crippen molar-refractivity contribution in [2.24, 2.45) is 0 Å². The smallest absolute Gasteiger partial charge is 0.0522 e. The molecule has 0 aliphatic rings. The Kier molecular flexibility index (Phi) is 14.5. The van der Waals surface area contributed by atoms with E-state index in [4.69, 9.17) is 0 Å². The van der Waals surface area contributed by atoms with E-state index in [0.29, 0.717) is 0 Å². The van der Waals surface area contributed by atoms with Crippen molar-refractivity contribution in [3.05, 3.63) is 262 Å². The van der Waals surface area contributed by atoms with E-state index < -0.39 is 0 Å². The van der Waals surface area contributed by atoms with Crippen LogP contribution in [0.2, 0.25) is 0 Å². The monoisotopic (exact) mass is 856 g/mol. The molecule has 8 aromatic carbocycles. The van der Waals surface area contributed by atoms with Crippen LogP contribution < -0.4 is 9.80 Å². The van der Waals surface area contributed by atoms with Gasteiger partial charge in [-0.3, -0.25) is 0 Å². The Balaban J connectivity index is 1.05. The Hall–Kier alpha value is -7.68. The van der Waals surface area contributed by atoms with E-state index in [-0.39, 0.29) is 0 Å². The number of nitrogens with zero attached hydrogens (tertiary/aromatic N) is 2. The molecule has 0 unspecified atom stereocenters. The third-order valence-electron chi connectivity index (χ3n) is 12.3. The van der Waals surface area contributed by atoms with Crippen molar-refractivity contribution in [3.8, 4) is 11.1 Å². The minimum absolute atomic E-state index is 0.944. The van der Waals surface area contributed by atoms with Crippen LogP contribution in [-0.4, -0.2) is 0 Å². The van der Waals surface area contributed by atoms with Crippen LogP contribution in [0.25, 0.3) is 35.4 Å². The molecule has 2 heteroatoms. The quantitative estimate of drug-likeness (QED) is 0.0948. The van der Waals surface area contributed by atoms with Gasteiger partial charge in [0.25, 0.3) is 0 Å². The lowest BCUT2D eigenvalue weighted by atomic mass is 10.0. The Bertz CT molecular complexity index is 2760. The van der Waals surface area contributed by atoms with E-state index in [2.05, 4.69) is 282 Å². The Morgan fingerprint density at radius 3 is 0.879 bits per heavy atom. The van der Waals surface area contributed by atoms with E-state index in [1.807, 2.05) is 0 Å². The molecule has 0 aromatic heterocycles. The summed E-state index contributed by atoms with van der Waals surface area (Å²) in [7, 11) is 0. The Morgan fingerprint density at radius 1 is 0.318 bits per heavy atom. The first-order chi connectivity index (χ1) is 32.3. The Morgan fingerprint density at radius 2 is 0.591 bits per heavy atom. The summed E-state index contributed by atoms with van der Waals surface area (Å²) in [5, 5.41) is 0. The molecule has 0 saturated carbocycles. The van der Waals surface area contributed by atoms with E-state index in [0.717, 1.165) is 46.7 Å². The van der Waals surface area contributed by atoms with Crippen LogP contribution in [0, 0.1) is 27.7 Å². The number of para-hydroxylation sites is 2. The van der Waals surface area contributed by atoms with E-state index >= 15 is 0 Å². The van der Waals surface area contributed by atoms with Gasteiger partial charge in [-0.2, -0.15) is 0 Å². The number of benzene rings is 8. The second-order valence-corrected chi connectivity index (χ2v) is 17.1. The summed E-state index contributed by atoms with van der Waals surface area (Å²) < 4.78 is 0. The molecule has 0 fully saturated rings. The van der Waals surface area contributed by atoms with Crippen LogP contribution in [0.1, 0.15) is 69.5 Å². The van der Waals surface area contributed by atoms with Crippen molar-refractivity contribution < 1.29 is 0 Å². The molecule has 8 aromatic rings. The second kappa shape index (κ2) is 21.3. The molecule has 0 saturated heterocycles. The number of rotatable bonds is 15. The predicted octanol–water partition coefficient (Wildman–Crippen LogP) is 18.1. The molecule has 0 amide bonds. The van der Waals surface area contributed by atoms with Crippen molar-refractivity contribution in [3.63, 3.8) is 0 Å². The van der Waals surface area contributed by atoms with E-state index in [1.165, 1.54) is 67.0 Å². The zero-order chi connectivity index (χ0) is 45.8. The number of allylic oxidation sites excluding steroid dienone is 4. The van der Waals surface area contributed by atoms with Gasteiger partial charge >= 0.3 is 0 Å². The minimum atomic E-state index is 0.944. The molecule has 326 valence electrons. The third-order valence-corrected chi connectivity index (χ3v) is 12.3. The molecule has 8 rings (SSSR count). The van der Waals surface area contributed by atoms with Crippen LogP contribution in [0.3, 0.4) is 0 Å². The molecule has 0 heterocycles. The molecular formula is C64H60N2. The fourth-order valence-corrected chi connectivity index (χ4v) is 8.56. The fraction of sp³-hybridized carbons (Fsp3) is 0.125. The zero-order valence-electron chi connectivity index (χ0n) is 39.2. The highest BCUT2D eigenvalue weighted by molar-refractivity contribution is 5.84. The van der Waals surface area contributed by atoms with Crippen molar-refractivity contribution in [1.82, 2.24) is 0 Å². The average molecular weight is 857 g/mol.